The Morgan fingerprint density at radius 1 is 1.07 bits per heavy atom. The van der Waals surface area contributed by atoms with Gasteiger partial charge in [0.25, 0.3) is 0 Å². The largest absolute Gasteiger partial charge is 0.380 e. The van der Waals surface area contributed by atoms with Gasteiger partial charge in [-0.05, 0) is 12.1 Å². The van der Waals surface area contributed by atoms with Crippen molar-refractivity contribution in [2.45, 2.75) is 5.92 Å². The summed E-state index contributed by atoms with van der Waals surface area (Å²) in [4.78, 5) is 4.62. The molecule has 0 amide bonds. The summed E-state index contributed by atoms with van der Waals surface area (Å²) in [5, 5.41) is 1.21. The first-order valence-electron chi connectivity index (χ1n) is 4.87. The molecule has 0 aliphatic carbocycles. The molecule has 1 aliphatic rings. The Balaban J connectivity index is 2.10. The van der Waals surface area contributed by atoms with Crippen LogP contribution in [0.25, 0.3) is 10.9 Å². The lowest BCUT2D eigenvalue weighted by atomic mass is 10.0. The molecule has 1 saturated heterocycles. The number of hydrogen-bond acceptors (Lipinski definition) is 2. The lowest BCUT2D eigenvalue weighted by molar-refractivity contribution is 0.00684. The maximum atomic E-state index is 5.16. The molecule has 3 rings (SSSR count). The molecule has 0 atom stereocenters. The highest BCUT2D eigenvalue weighted by molar-refractivity contribution is 5.78. The maximum absolute atomic E-state index is 5.16. The summed E-state index contributed by atoms with van der Waals surface area (Å²) in [6, 6.07) is 12.4. The van der Waals surface area contributed by atoms with Crippen LogP contribution in [0.15, 0.2) is 36.4 Å². The van der Waals surface area contributed by atoms with Crippen LogP contribution in [0.3, 0.4) is 0 Å². The molecule has 1 aromatic carbocycles. The Bertz CT molecular complexity index is 463. The molecule has 0 N–H and O–H groups in total. The summed E-state index contributed by atoms with van der Waals surface area (Å²) in [6.07, 6.45) is 0. The van der Waals surface area contributed by atoms with Crippen LogP contribution in [0.2, 0.25) is 0 Å². The lowest BCUT2D eigenvalue weighted by Gasteiger charge is -2.25. The zero-order chi connectivity index (χ0) is 9.38. The Kier molecular flexibility index (Phi) is 1.74. The number of rotatable bonds is 1. The third-order valence-corrected chi connectivity index (χ3v) is 2.68. The molecule has 0 unspecified atom stereocenters. The second-order valence-electron chi connectivity index (χ2n) is 3.66. The van der Waals surface area contributed by atoms with Crippen molar-refractivity contribution < 1.29 is 4.74 Å². The van der Waals surface area contributed by atoms with Crippen LogP contribution in [0.5, 0.6) is 0 Å². The Labute approximate surface area is 82.5 Å². The fourth-order valence-corrected chi connectivity index (χ4v) is 1.72. The van der Waals surface area contributed by atoms with Gasteiger partial charge in [0.05, 0.1) is 18.7 Å². The highest BCUT2D eigenvalue weighted by atomic mass is 16.5. The van der Waals surface area contributed by atoms with Gasteiger partial charge in [-0.25, -0.2) is 0 Å². The third kappa shape index (κ3) is 1.19. The number of nitrogens with zero attached hydrogens (tertiary/aromatic N) is 1. The van der Waals surface area contributed by atoms with E-state index in [4.69, 9.17) is 4.74 Å². The van der Waals surface area contributed by atoms with Crippen LogP contribution in [0.1, 0.15) is 11.6 Å². The smallest absolute Gasteiger partial charge is 0.0705 e. The number of para-hydroxylation sites is 1. The van der Waals surface area contributed by atoms with Gasteiger partial charge in [0.2, 0.25) is 0 Å². The van der Waals surface area contributed by atoms with Crippen molar-refractivity contribution in [3.63, 3.8) is 0 Å². The van der Waals surface area contributed by atoms with Gasteiger partial charge in [0.1, 0.15) is 0 Å². The lowest BCUT2D eigenvalue weighted by Crippen LogP contribution is -2.25. The molecule has 0 spiro atoms. The first-order valence-corrected chi connectivity index (χ1v) is 4.87. The Hall–Kier alpha value is -1.41. The number of fused-ring (bicyclic) bond motifs is 1. The van der Waals surface area contributed by atoms with Gasteiger partial charge in [0, 0.05) is 17.0 Å². The summed E-state index contributed by atoms with van der Waals surface area (Å²) in [5.74, 6) is 0.514. The first kappa shape index (κ1) is 7.94. The average Bonchev–Trinajstić information content (AvgIpc) is 2.15. The van der Waals surface area contributed by atoms with Gasteiger partial charge in [-0.1, -0.05) is 24.3 Å². The van der Waals surface area contributed by atoms with E-state index < -0.39 is 0 Å². The second kappa shape index (κ2) is 3.07. The van der Waals surface area contributed by atoms with Crippen LogP contribution in [-0.2, 0) is 4.74 Å². The van der Waals surface area contributed by atoms with Crippen molar-refractivity contribution in [1.82, 2.24) is 4.98 Å². The van der Waals surface area contributed by atoms with Gasteiger partial charge >= 0.3 is 0 Å². The molecule has 1 aromatic heterocycles. The number of hydrogen-bond donors (Lipinski definition) is 0. The van der Waals surface area contributed by atoms with E-state index in [9.17, 15) is 0 Å². The van der Waals surface area contributed by atoms with Crippen LogP contribution in [0, 0.1) is 0 Å². The van der Waals surface area contributed by atoms with Crippen LogP contribution >= 0.6 is 0 Å². The standard InChI is InChI=1S/C12H11NO/c1-2-4-11-9(3-1)5-6-12(13-11)10-7-14-8-10/h1-6,10H,7-8H2. The van der Waals surface area contributed by atoms with E-state index in [1.54, 1.807) is 0 Å². The number of ether oxygens (including phenoxy) is 1. The van der Waals surface area contributed by atoms with Crippen molar-refractivity contribution in [3.8, 4) is 0 Å². The third-order valence-electron chi connectivity index (χ3n) is 2.68. The summed E-state index contributed by atoms with van der Waals surface area (Å²) in [6.45, 7) is 1.65. The molecule has 2 heterocycles. The van der Waals surface area contributed by atoms with E-state index in [-0.39, 0.29) is 0 Å². The van der Waals surface area contributed by atoms with E-state index in [2.05, 4.69) is 29.2 Å². The van der Waals surface area contributed by atoms with Gasteiger partial charge < -0.3 is 4.74 Å². The predicted molar refractivity (Wildman–Crippen MR) is 55.3 cm³/mol. The molecule has 0 radical (unpaired) electrons. The number of benzene rings is 1. The summed E-state index contributed by atoms with van der Waals surface area (Å²) < 4.78 is 5.16. The second-order valence-corrected chi connectivity index (χ2v) is 3.66. The van der Waals surface area contributed by atoms with Crippen molar-refractivity contribution in [2.24, 2.45) is 0 Å². The molecule has 2 heteroatoms. The highest BCUT2D eigenvalue weighted by Crippen LogP contribution is 2.24. The SMILES string of the molecule is c1ccc2nc(C3COC3)ccc2c1. The minimum absolute atomic E-state index is 0.514. The Morgan fingerprint density at radius 2 is 1.93 bits per heavy atom. The predicted octanol–water partition coefficient (Wildman–Crippen LogP) is 2.35. The molecule has 1 aliphatic heterocycles. The fourth-order valence-electron chi connectivity index (χ4n) is 1.72. The molecule has 2 nitrogen and oxygen atoms in total. The maximum Gasteiger partial charge on any atom is 0.0705 e. The minimum atomic E-state index is 0.514. The molecule has 1 fully saturated rings. The monoisotopic (exact) mass is 185 g/mol. The average molecular weight is 185 g/mol. The van der Waals surface area contributed by atoms with Crippen LogP contribution in [0.4, 0.5) is 0 Å². The van der Waals surface area contributed by atoms with Gasteiger partial charge in [-0.2, -0.15) is 0 Å². The van der Waals surface area contributed by atoms with Gasteiger partial charge in [-0.3, -0.25) is 4.98 Å². The normalized spacial score (nSPS) is 16.9. The highest BCUT2D eigenvalue weighted by Gasteiger charge is 2.21. The molecule has 0 bridgehead atoms. The van der Waals surface area contributed by atoms with Gasteiger partial charge in [-0.15, -0.1) is 0 Å². The van der Waals surface area contributed by atoms with E-state index in [0.29, 0.717) is 5.92 Å². The Morgan fingerprint density at radius 3 is 2.71 bits per heavy atom. The minimum Gasteiger partial charge on any atom is -0.380 e. The van der Waals surface area contributed by atoms with E-state index in [0.717, 1.165) is 24.4 Å². The molecular weight excluding hydrogens is 174 g/mol. The summed E-state index contributed by atoms with van der Waals surface area (Å²) >= 11 is 0. The number of pyridine rings is 1. The molecule has 70 valence electrons. The molecule has 0 saturated carbocycles. The van der Waals surface area contributed by atoms with E-state index in [1.165, 1.54) is 5.39 Å². The zero-order valence-electron chi connectivity index (χ0n) is 7.81. The molecule has 2 aromatic rings. The number of aromatic nitrogens is 1. The topological polar surface area (TPSA) is 22.1 Å². The first-order chi connectivity index (χ1) is 6.93. The quantitative estimate of drug-likeness (QED) is 0.680. The van der Waals surface area contributed by atoms with Crippen molar-refractivity contribution in [2.75, 3.05) is 13.2 Å². The van der Waals surface area contributed by atoms with Crippen molar-refractivity contribution in [1.29, 1.82) is 0 Å². The summed E-state index contributed by atoms with van der Waals surface area (Å²) in [5.41, 5.74) is 2.24. The molecule has 14 heavy (non-hydrogen) atoms. The van der Waals surface area contributed by atoms with Crippen molar-refractivity contribution >= 4 is 10.9 Å². The zero-order valence-corrected chi connectivity index (χ0v) is 7.81. The van der Waals surface area contributed by atoms with Crippen LogP contribution in [-0.4, -0.2) is 18.2 Å². The van der Waals surface area contributed by atoms with Crippen molar-refractivity contribution in [3.05, 3.63) is 42.1 Å². The fraction of sp³-hybridized carbons (Fsp3) is 0.250. The van der Waals surface area contributed by atoms with E-state index in [1.807, 2.05) is 12.1 Å². The van der Waals surface area contributed by atoms with E-state index >= 15 is 0 Å². The van der Waals surface area contributed by atoms with Gasteiger partial charge in [0.15, 0.2) is 0 Å². The summed E-state index contributed by atoms with van der Waals surface area (Å²) in [7, 11) is 0. The van der Waals surface area contributed by atoms with Crippen LogP contribution < -0.4 is 0 Å². The molecular formula is C12H11NO.